The fraction of sp³-hybridized carbons (Fsp3) is 0.333. The van der Waals surface area contributed by atoms with Gasteiger partial charge in [0, 0.05) is 5.56 Å². The van der Waals surface area contributed by atoms with Crippen molar-refractivity contribution < 1.29 is 5.11 Å². The fourth-order valence-corrected chi connectivity index (χ4v) is 2.90. The minimum Gasteiger partial charge on any atom is -0.507 e. The maximum absolute atomic E-state index is 10.4. The Morgan fingerprint density at radius 1 is 0.842 bits per heavy atom. The molecule has 0 heterocycles. The zero-order valence-electron chi connectivity index (χ0n) is 12.0. The molecule has 19 heavy (non-hydrogen) atoms. The third-order valence-electron chi connectivity index (χ3n) is 3.77. The first kappa shape index (κ1) is 13.7. The summed E-state index contributed by atoms with van der Waals surface area (Å²) < 4.78 is 0. The monoisotopic (exact) mass is 254 g/mol. The van der Waals surface area contributed by atoms with Crippen molar-refractivity contribution in [2.45, 2.75) is 40.0 Å². The molecule has 0 radical (unpaired) electrons. The molecule has 0 aliphatic rings. The van der Waals surface area contributed by atoms with Gasteiger partial charge in [-0.3, -0.25) is 0 Å². The Kier molecular flexibility index (Phi) is 4.26. The first-order valence-corrected chi connectivity index (χ1v) is 7.14. The highest BCUT2D eigenvalue weighted by Gasteiger charge is 2.15. The van der Waals surface area contributed by atoms with Crippen molar-refractivity contribution in [3.8, 4) is 16.9 Å². The fourth-order valence-electron chi connectivity index (χ4n) is 2.90. The molecule has 0 unspecified atom stereocenters. The van der Waals surface area contributed by atoms with E-state index in [9.17, 15) is 5.11 Å². The number of phenolic OH excluding ortho intramolecular Hbond substituents is 1. The summed E-state index contributed by atoms with van der Waals surface area (Å²) in [5, 5.41) is 10.4. The molecule has 0 aliphatic carbocycles. The van der Waals surface area contributed by atoms with E-state index in [2.05, 4.69) is 32.9 Å². The number of phenols is 1. The summed E-state index contributed by atoms with van der Waals surface area (Å²) in [6.07, 6.45) is 2.94. The number of hydrogen-bond acceptors (Lipinski definition) is 1. The van der Waals surface area contributed by atoms with E-state index in [0.717, 1.165) is 30.4 Å². The largest absolute Gasteiger partial charge is 0.507 e. The molecule has 0 aromatic heterocycles. The van der Waals surface area contributed by atoms with Crippen molar-refractivity contribution in [1.29, 1.82) is 0 Å². The molecular weight excluding hydrogens is 232 g/mol. The van der Waals surface area contributed by atoms with Crippen molar-refractivity contribution in [3.05, 3.63) is 53.1 Å². The van der Waals surface area contributed by atoms with Gasteiger partial charge in [-0.15, -0.1) is 0 Å². The van der Waals surface area contributed by atoms with Crippen LogP contribution in [0.3, 0.4) is 0 Å². The van der Waals surface area contributed by atoms with Crippen LogP contribution in [0.5, 0.6) is 5.75 Å². The van der Waals surface area contributed by atoms with Crippen molar-refractivity contribution in [2.75, 3.05) is 0 Å². The highest BCUT2D eigenvalue weighted by molar-refractivity contribution is 5.76. The molecule has 2 aromatic rings. The molecule has 0 amide bonds. The van der Waals surface area contributed by atoms with Crippen LogP contribution in [0.1, 0.15) is 37.5 Å². The van der Waals surface area contributed by atoms with Crippen molar-refractivity contribution in [2.24, 2.45) is 0 Å². The second kappa shape index (κ2) is 5.92. The van der Waals surface area contributed by atoms with Gasteiger partial charge in [0.2, 0.25) is 0 Å². The van der Waals surface area contributed by atoms with Crippen LogP contribution in [0.4, 0.5) is 0 Å². The number of rotatable bonds is 4. The number of aromatic hydroxyl groups is 1. The van der Waals surface area contributed by atoms with Gasteiger partial charge in [0.15, 0.2) is 0 Å². The van der Waals surface area contributed by atoms with Crippen LogP contribution in [0, 0.1) is 0 Å². The molecule has 1 N–H and O–H groups in total. The Bertz CT molecular complexity index is 556. The minimum absolute atomic E-state index is 0.414. The normalized spacial score (nSPS) is 10.7. The molecule has 100 valence electrons. The van der Waals surface area contributed by atoms with Crippen LogP contribution in [-0.4, -0.2) is 5.11 Å². The lowest BCUT2D eigenvalue weighted by Gasteiger charge is -2.18. The third-order valence-corrected chi connectivity index (χ3v) is 3.77. The summed E-state index contributed by atoms with van der Waals surface area (Å²) >= 11 is 0. The van der Waals surface area contributed by atoms with Gasteiger partial charge in [0.1, 0.15) is 5.75 Å². The van der Waals surface area contributed by atoms with E-state index in [1.807, 2.05) is 24.3 Å². The van der Waals surface area contributed by atoms with E-state index in [4.69, 9.17) is 0 Å². The van der Waals surface area contributed by atoms with E-state index >= 15 is 0 Å². The van der Waals surface area contributed by atoms with Crippen molar-refractivity contribution in [3.63, 3.8) is 0 Å². The Labute approximate surface area is 115 Å². The van der Waals surface area contributed by atoms with Crippen LogP contribution in [0.15, 0.2) is 36.4 Å². The van der Waals surface area contributed by atoms with Crippen LogP contribution < -0.4 is 0 Å². The molecule has 0 fully saturated rings. The quantitative estimate of drug-likeness (QED) is 0.835. The van der Waals surface area contributed by atoms with Crippen molar-refractivity contribution >= 4 is 0 Å². The molecule has 2 aromatic carbocycles. The average molecular weight is 254 g/mol. The minimum atomic E-state index is 0.414. The second-order valence-electron chi connectivity index (χ2n) is 4.81. The van der Waals surface area contributed by atoms with E-state index in [1.165, 1.54) is 16.7 Å². The zero-order chi connectivity index (χ0) is 13.8. The topological polar surface area (TPSA) is 20.2 Å². The van der Waals surface area contributed by atoms with Crippen molar-refractivity contribution in [1.82, 2.24) is 0 Å². The standard InChI is InChI=1S/C18H22O/c1-4-13-12-17(19)18(14-10-8-7-9-11-14)16(6-3)15(13)5-2/h7-12,19H,4-6H2,1-3H3. The lowest BCUT2D eigenvalue weighted by atomic mass is 9.87. The lowest BCUT2D eigenvalue weighted by Crippen LogP contribution is -2.01. The number of benzene rings is 2. The summed E-state index contributed by atoms with van der Waals surface area (Å²) in [7, 11) is 0. The van der Waals surface area contributed by atoms with Gasteiger partial charge >= 0.3 is 0 Å². The summed E-state index contributed by atoms with van der Waals surface area (Å²) in [5.41, 5.74) is 6.09. The highest BCUT2D eigenvalue weighted by atomic mass is 16.3. The highest BCUT2D eigenvalue weighted by Crippen LogP contribution is 2.37. The maximum Gasteiger partial charge on any atom is 0.123 e. The van der Waals surface area contributed by atoms with E-state index in [0.29, 0.717) is 5.75 Å². The molecule has 2 rings (SSSR count). The molecule has 0 aliphatic heterocycles. The summed E-state index contributed by atoms with van der Waals surface area (Å²) in [6, 6.07) is 12.1. The van der Waals surface area contributed by atoms with Crippen LogP contribution in [0.25, 0.3) is 11.1 Å². The van der Waals surface area contributed by atoms with Gasteiger partial charge in [0.05, 0.1) is 0 Å². The first-order chi connectivity index (χ1) is 9.22. The third kappa shape index (κ3) is 2.51. The predicted octanol–water partition coefficient (Wildman–Crippen LogP) is 4.75. The van der Waals surface area contributed by atoms with Crippen LogP contribution in [-0.2, 0) is 19.3 Å². The van der Waals surface area contributed by atoms with Gasteiger partial charge in [-0.05, 0) is 47.6 Å². The summed E-state index contributed by atoms with van der Waals surface area (Å²) in [5.74, 6) is 0.414. The Hall–Kier alpha value is -1.76. The number of aryl methyl sites for hydroxylation is 1. The number of hydrogen-bond donors (Lipinski definition) is 1. The molecule has 0 bridgehead atoms. The molecule has 1 heteroatoms. The van der Waals surface area contributed by atoms with Crippen LogP contribution >= 0.6 is 0 Å². The SMILES string of the molecule is CCc1cc(O)c(-c2ccccc2)c(CC)c1CC. The molecule has 1 nitrogen and oxygen atoms in total. The summed E-state index contributed by atoms with van der Waals surface area (Å²) in [6.45, 7) is 6.51. The van der Waals surface area contributed by atoms with E-state index in [-0.39, 0.29) is 0 Å². The second-order valence-corrected chi connectivity index (χ2v) is 4.81. The zero-order valence-corrected chi connectivity index (χ0v) is 12.0. The molecular formula is C18H22O. The van der Waals surface area contributed by atoms with Crippen LogP contribution in [0.2, 0.25) is 0 Å². The van der Waals surface area contributed by atoms with Gasteiger partial charge in [0.25, 0.3) is 0 Å². The molecule has 0 atom stereocenters. The molecule has 0 spiro atoms. The van der Waals surface area contributed by atoms with E-state index in [1.54, 1.807) is 0 Å². The van der Waals surface area contributed by atoms with Gasteiger partial charge in [-0.25, -0.2) is 0 Å². The average Bonchev–Trinajstić information content (AvgIpc) is 2.46. The lowest BCUT2D eigenvalue weighted by molar-refractivity contribution is 0.475. The maximum atomic E-state index is 10.4. The van der Waals surface area contributed by atoms with Gasteiger partial charge in [-0.1, -0.05) is 51.1 Å². The van der Waals surface area contributed by atoms with Gasteiger partial charge < -0.3 is 5.11 Å². The summed E-state index contributed by atoms with van der Waals surface area (Å²) in [4.78, 5) is 0. The Morgan fingerprint density at radius 2 is 1.47 bits per heavy atom. The molecule has 0 saturated heterocycles. The smallest absolute Gasteiger partial charge is 0.123 e. The van der Waals surface area contributed by atoms with Gasteiger partial charge in [-0.2, -0.15) is 0 Å². The predicted molar refractivity (Wildman–Crippen MR) is 81.7 cm³/mol. The Morgan fingerprint density at radius 3 is 2.00 bits per heavy atom. The first-order valence-electron chi connectivity index (χ1n) is 7.14. The van der Waals surface area contributed by atoms with E-state index < -0.39 is 0 Å². The molecule has 0 saturated carbocycles. The Balaban J connectivity index is 2.73.